The summed E-state index contributed by atoms with van der Waals surface area (Å²) in [5.74, 6) is 0. The van der Waals surface area contributed by atoms with Crippen molar-refractivity contribution in [2.45, 2.75) is 6.92 Å². The minimum Gasteiger partial charge on any atom is -0.455 e. The maximum atomic E-state index is 9.94. The van der Waals surface area contributed by atoms with E-state index < -0.39 is 0 Å². The quantitative estimate of drug-likeness (QED) is 0.298. The van der Waals surface area contributed by atoms with Gasteiger partial charge in [-0.15, -0.1) is 0 Å². The first kappa shape index (κ1) is 19.2. The lowest BCUT2D eigenvalue weighted by Crippen LogP contribution is -2.31. The topological polar surface area (TPSA) is 53.7 Å². The summed E-state index contributed by atoms with van der Waals surface area (Å²) in [4.78, 5) is 4.22. The number of hydrogen-bond acceptors (Lipinski definition) is 3. The van der Waals surface area contributed by atoms with Crippen LogP contribution in [0.15, 0.2) is 89.7 Å². The molecule has 2 heterocycles. The van der Waals surface area contributed by atoms with E-state index in [2.05, 4.69) is 60.4 Å². The third-order valence-electron chi connectivity index (χ3n) is 6.37. The Kier molecular flexibility index (Phi) is 4.24. The van der Waals surface area contributed by atoms with Gasteiger partial charge in [-0.2, -0.15) is 5.26 Å². The normalized spacial score (nSPS) is 11.3. The molecule has 4 aromatic carbocycles. The Balaban J connectivity index is 1.72. The largest absolute Gasteiger partial charge is 0.455 e. The molecule has 0 fully saturated rings. The van der Waals surface area contributed by atoms with Crippen LogP contribution >= 0.6 is 0 Å². The molecule has 0 aliphatic carbocycles. The smallest absolute Gasteiger partial charge is 0.286 e. The van der Waals surface area contributed by atoms with E-state index >= 15 is 0 Å². The van der Waals surface area contributed by atoms with Gasteiger partial charge in [0.2, 0.25) is 0 Å². The van der Waals surface area contributed by atoms with E-state index in [1.807, 2.05) is 41.9 Å². The molecular weight excluding hydrogens is 406 g/mol. The second kappa shape index (κ2) is 7.29. The van der Waals surface area contributed by atoms with E-state index in [0.29, 0.717) is 5.56 Å². The van der Waals surface area contributed by atoms with Gasteiger partial charge in [0.15, 0.2) is 0 Å². The zero-order chi connectivity index (χ0) is 22.5. The molecule has 6 rings (SSSR count). The van der Waals surface area contributed by atoms with Gasteiger partial charge in [0.1, 0.15) is 23.1 Å². The molecule has 0 aliphatic rings. The minimum absolute atomic E-state index is 0.601. The van der Waals surface area contributed by atoms with Crippen LogP contribution in [-0.4, -0.2) is 4.98 Å². The van der Waals surface area contributed by atoms with Crippen LogP contribution < -0.4 is 4.57 Å². The van der Waals surface area contributed by atoms with Crippen molar-refractivity contribution in [3.05, 3.63) is 96.4 Å². The molecule has 4 nitrogen and oxygen atoms in total. The van der Waals surface area contributed by atoms with Crippen molar-refractivity contribution in [1.82, 2.24) is 4.98 Å². The van der Waals surface area contributed by atoms with Gasteiger partial charge in [0.25, 0.3) is 6.33 Å². The highest BCUT2D eigenvalue weighted by Crippen LogP contribution is 2.42. The molecule has 0 spiro atoms. The van der Waals surface area contributed by atoms with Crippen LogP contribution in [0.5, 0.6) is 0 Å². The molecule has 156 valence electrons. The van der Waals surface area contributed by atoms with Crippen molar-refractivity contribution in [3.8, 4) is 28.5 Å². The summed E-state index contributed by atoms with van der Waals surface area (Å²) in [6.45, 7) is 2.09. The van der Waals surface area contributed by atoms with Crippen LogP contribution in [0.2, 0.25) is 0 Å². The molecule has 0 atom stereocenters. The number of benzene rings is 4. The average Bonchev–Trinajstić information content (AvgIpc) is 3.22. The van der Waals surface area contributed by atoms with Crippen molar-refractivity contribution < 1.29 is 8.98 Å². The molecule has 0 amide bonds. The number of aryl methyl sites for hydroxylation is 2. The lowest BCUT2D eigenvalue weighted by Gasteiger charge is -2.07. The number of nitrogens with zero attached hydrogens (tertiary/aromatic N) is 3. The predicted molar refractivity (Wildman–Crippen MR) is 131 cm³/mol. The van der Waals surface area contributed by atoms with Crippen LogP contribution in [0.25, 0.3) is 55.1 Å². The van der Waals surface area contributed by atoms with Crippen molar-refractivity contribution in [2.75, 3.05) is 0 Å². The minimum atomic E-state index is 0.601. The van der Waals surface area contributed by atoms with Gasteiger partial charge in [-0.1, -0.05) is 53.5 Å². The number of fused-ring (bicyclic) bond motifs is 4. The van der Waals surface area contributed by atoms with Crippen molar-refractivity contribution in [3.63, 3.8) is 0 Å². The van der Waals surface area contributed by atoms with E-state index in [-0.39, 0.29) is 0 Å². The third kappa shape index (κ3) is 2.90. The Morgan fingerprint density at radius 1 is 0.848 bits per heavy atom. The fourth-order valence-electron chi connectivity index (χ4n) is 4.74. The number of nitriles is 1. The fourth-order valence-corrected chi connectivity index (χ4v) is 4.74. The van der Waals surface area contributed by atoms with Crippen LogP contribution in [0.1, 0.15) is 11.1 Å². The summed E-state index contributed by atoms with van der Waals surface area (Å²) in [6.07, 6.45) is 3.59. The summed E-state index contributed by atoms with van der Waals surface area (Å²) in [5.41, 5.74) is 7.16. The van der Waals surface area contributed by atoms with Gasteiger partial charge >= 0.3 is 0 Å². The average molecular weight is 426 g/mol. The molecule has 6 aromatic rings. The van der Waals surface area contributed by atoms with Crippen molar-refractivity contribution >= 4 is 32.7 Å². The van der Waals surface area contributed by atoms with Gasteiger partial charge in [0, 0.05) is 22.4 Å². The Morgan fingerprint density at radius 2 is 1.61 bits per heavy atom. The van der Waals surface area contributed by atoms with Crippen molar-refractivity contribution in [1.29, 1.82) is 5.26 Å². The van der Waals surface area contributed by atoms with E-state index in [9.17, 15) is 5.26 Å². The summed E-state index contributed by atoms with van der Waals surface area (Å²) in [7, 11) is 1.98. The number of hydrogen-bond donors (Lipinski definition) is 0. The molecule has 33 heavy (non-hydrogen) atoms. The van der Waals surface area contributed by atoms with Crippen LogP contribution in [0.4, 0.5) is 0 Å². The number of furan rings is 1. The first-order chi connectivity index (χ1) is 16.2. The molecule has 0 radical (unpaired) electrons. The van der Waals surface area contributed by atoms with E-state index in [0.717, 1.165) is 55.3 Å². The second-order valence-corrected chi connectivity index (χ2v) is 8.35. The van der Waals surface area contributed by atoms with Gasteiger partial charge in [-0.05, 0) is 47.0 Å². The molecule has 0 bridgehead atoms. The first-order valence-corrected chi connectivity index (χ1v) is 10.8. The molecule has 4 heteroatoms. The second-order valence-electron chi connectivity index (χ2n) is 8.35. The molecule has 0 aliphatic heterocycles. The number of rotatable bonds is 2. The third-order valence-corrected chi connectivity index (χ3v) is 6.37. The Labute approximate surface area is 191 Å². The highest BCUT2D eigenvalue weighted by atomic mass is 16.3. The number of aromatic nitrogens is 2. The molecule has 2 aromatic heterocycles. The maximum absolute atomic E-state index is 9.94. The van der Waals surface area contributed by atoms with E-state index in [1.54, 1.807) is 12.5 Å². The first-order valence-electron chi connectivity index (χ1n) is 10.8. The zero-order valence-corrected chi connectivity index (χ0v) is 18.3. The zero-order valence-electron chi connectivity index (χ0n) is 18.3. The molecular formula is C29H20N3O+. The Bertz CT molecular complexity index is 1760. The lowest BCUT2D eigenvalue weighted by molar-refractivity contribution is -0.663. The van der Waals surface area contributed by atoms with Crippen LogP contribution in [-0.2, 0) is 7.05 Å². The van der Waals surface area contributed by atoms with Crippen LogP contribution in [0, 0.1) is 18.3 Å². The molecule has 0 saturated heterocycles. The molecule has 0 unspecified atom stereocenters. The van der Waals surface area contributed by atoms with Gasteiger partial charge in [-0.25, -0.2) is 4.57 Å². The van der Waals surface area contributed by atoms with E-state index in [1.165, 1.54) is 5.39 Å². The highest BCUT2D eigenvalue weighted by molar-refractivity contribution is 6.14. The van der Waals surface area contributed by atoms with Crippen molar-refractivity contribution in [2.24, 2.45) is 7.05 Å². The summed E-state index contributed by atoms with van der Waals surface area (Å²) < 4.78 is 8.63. The maximum Gasteiger partial charge on any atom is 0.286 e. The lowest BCUT2D eigenvalue weighted by atomic mass is 9.95. The van der Waals surface area contributed by atoms with Gasteiger partial charge in [-0.3, -0.25) is 0 Å². The highest BCUT2D eigenvalue weighted by Gasteiger charge is 2.22. The van der Waals surface area contributed by atoms with Crippen LogP contribution in [0.3, 0.4) is 0 Å². The SMILES string of the molecule is Cc1ccc2c(oc3c(-c4ccc5ccccc5c4)c(C#N)ccc32)c1-c1ccnc[n+]1C. The summed E-state index contributed by atoms with van der Waals surface area (Å²) >= 11 is 0. The van der Waals surface area contributed by atoms with E-state index in [4.69, 9.17) is 4.42 Å². The fraction of sp³-hybridized carbons (Fsp3) is 0.0690. The Hall–Kier alpha value is -4.49. The monoisotopic (exact) mass is 426 g/mol. The standard InChI is InChI=1S/C29H20N3O/c1-18-7-11-23-24-12-10-22(16-30)27(21-9-8-19-5-3-4-6-20(19)15-21)29(24)33-28(23)26(18)25-13-14-31-17-32(25)2/h3-15,17H,1-2H3/q+1. The molecule has 0 saturated carbocycles. The van der Waals surface area contributed by atoms with Gasteiger partial charge < -0.3 is 4.42 Å². The summed E-state index contributed by atoms with van der Waals surface area (Å²) in [6, 6.07) is 27.0. The summed E-state index contributed by atoms with van der Waals surface area (Å²) in [5, 5.41) is 14.3. The predicted octanol–water partition coefficient (Wildman–Crippen LogP) is 6.47. The van der Waals surface area contributed by atoms with Gasteiger partial charge in [0.05, 0.1) is 24.2 Å². The molecule has 0 N–H and O–H groups in total. The Morgan fingerprint density at radius 3 is 2.39 bits per heavy atom.